The lowest BCUT2D eigenvalue weighted by molar-refractivity contribution is 0.685. The van der Waals surface area contributed by atoms with Crippen LogP contribution in [-0.4, -0.2) is 20.1 Å². The molecule has 3 heteroatoms. The van der Waals surface area contributed by atoms with Gasteiger partial charge >= 0.3 is 0 Å². The van der Waals surface area contributed by atoms with Crippen molar-refractivity contribution in [2.24, 2.45) is 0 Å². The Morgan fingerprint density at radius 1 is 1.16 bits per heavy atom. The van der Waals surface area contributed by atoms with Crippen molar-refractivity contribution < 1.29 is 0 Å². The summed E-state index contributed by atoms with van der Waals surface area (Å²) in [5, 5.41) is 5.61. The molecule has 0 saturated carbocycles. The minimum Gasteiger partial charge on any atom is -0.373 e. The van der Waals surface area contributed by atoms with Gasteiger partial charge in [-0.2, -0.15) is 0 Å². The number of likely N-dealkylation sites (N-methyl/N-ethyl adjacent to an activating group) is 1. The Balaban J connectivity index is 1.79. The van der Waals surface area contributed by atoms with Crippen LogP contribution in [0.25, 0.3) is 0 Å². The highest BCUT2D eigenvalue weighted by atomic mass is 32.1. The van der Waals surface area contributed by atoms with Gasteiger partial charge in [0.2, 0.25) is 0 Å². The number of benzene rings is 1. The van der Waals surface area contributed by atoms with Gasteiger partial charge in [-0.1, -0.05) is 12.1 Å². The van der Waals surface area contributed by atoms with Crippen molar-refractivity contribution in [1.82, 2.24) is 5.32 Å². The number of thiophene rings is 1. The van der Waals surface area contributed by atoms with Crippen LogP contribution in [0.15, 0.2) is 35.7 Å². The van der Waals surface area contributed by atoms with Gasteiger partial charge in [-0.15, -0.1) is 11.3 Å². The molecule has 0 radical (unpaired) electrons. The smallest absolute Gasteiger partial charge is 0.0369 e. The van der Waals surface area contributed by atoms with Crippen LogP contribution in [0.3, 0.4) is 0 Å². The molecule has 0 aliphatic carbocycles. The van der Waals surface area contributed by atoms with Crippen LogP contribution in [0.2, 0.25) is 0 Å². The molecule has 2 aromatic rings. The Hall–Kier alpha value is -1.32. The molecular formula is C16H22N2S. The summed E-state index contributed by atoms with van der Waals surface area (Å²) in [6, 6.07) is 11.0. The molecule has 0 aliphatic heterocycles. The van der Waals surface area contributed by atoms with E-state index in [-0.39, 0.29) is 0 Å². The van der Waals surface area contributed by atoms with Crippen molar-refractivity contribution in [3.8, 4) is 0 Å². The molecule has 0 atom stereocenters. The molecule has 2 rings (SSSR count). The van der Waals surface area contributed by atoms with Crippen LogP contribution in [-0.2, 0) is 6.54 Å². The molecule has 0 spiro atoms. The van der Waals surface area contributed by atoms with E-state index in [0.29, 0.717) is 0 Å². The fraction of sp³-hybridized carbons (Fsp3) is 0.375. The minimum absolute atomic E-state index is 0.971. The lowest BCUT2D eigenvalue weighted by Gasteiger charge is -2.20. The number of anilines is 1. The molecular weight excluding hydrogens is 252 g/mol. The van der Waals surface area contributed by atoms with Crippen molar-refractivity contribution >= 4 is 17.0 Å². The first-order chi connectivity index (χ1) is 9.15. The van der Waals surface area contributed by atoms with Crippen LogP contribution in [0, 0.1) is 13.8 Å². The Bertz CT molecular complexity index is 485. The second-order valence-electron chi connectivity index (χ2n) is 5.02. The zero-order valence-corrected chi connectivity index (χ0v) is 12.8. The molecule has 0 fully saturated rings. The zero-order chi connectivity index (χ0) is 13.7. The van der Waals surface area contributed by atoms with E-state index in [1.165, 1.54) is 21.7 Å². The Labute approximate surface area is 120 Å². The Kier molecular flexibility index (Phi) is 5.00. The molecule has 19 heavy (non-hydrogen) atoms. The average Bonchev–Trinajstić information content (AvgIpc) is 2.86. The molecule has 1 aromatic heterocycles. The monoisotopic (exact) mass is 274 g/mol. The van der Waals surface area contributed by atoms with Gasteiger partial charge in [-0.25, -0.2) is 0 Å². The molecule has 0 bridgehead atoms. The van der Waals surface area contributed by atoms with Crippen molar-refractivity contribution in [1.29, 1.82) is 0 Å². The van der Waals surface area contributed by atoms with Crippen molar-refractivity contribution in [3.63, 3.8) is 0 Å². The lowest BCUT2D eigenvalue weighted by Crippen LogP contribution is -2.28. The summed E-state index contributed by atoms with van der Waals surface area (Å²) in [5.41, 5.74) is 3.96. The van der Waals surface area contributed by atoms with Crippen LogP contribution >= 0.6 is 11.3 Å². The molecule has 1 N–H and O–H groups in total. The standard InChI is InChI=1S/C16H22N2S/c1-13-9-14(2)11-15(10-13)18(3)7-6-17-12-16-5-4-8-19-16/h4-5,8-11,17H,6-7,12H2,1-3H3. The van der Waals surface area contributed by atoms with Crippen LogP contribution in [0.5, 0.6) is 0 Å². The second kappa shape index (κ2) is 6.73. The molecule has 1 heterocycles. The largest absolute Gasteiger partial charge is 0.373 e. The van der Waals surface area contributed by atoms with E-state index in [2.05, 4.69) is 66.8 Å². The number of nitrogens with one attached hydrogen (secondary N) is 1. The van der Waals surface area contributed by atoms with E-state index in [9.17, 15) is 0 Å². The van der Waals surface area contributed by atoms with Crippen LogP contribution in [0.1, 0.15) is 16.0 Å². The number of hydrogen-bond donors (Lipinski definition) is 1. The van der Waals surface area contributed by atoms with Crippen molar-refractivity contribution in [3.05, 3.63) is 51.7 Å². The maximum Gasteiger partial charge on any atom is 0.0369 e. The first kappa shape index (κ1) is 14.1. The fourth-order valence-corrected chi connectivity index (χ4v) is 2.85. The third kappa shape index (κ3) is 4.37. The summed E-state index contributed by atoms with van der Waals surface area (Å²) in [7, 11) is 2.15. The second-order valence-corrected chi connectivity index (χ2v) is 6.06. The van der Waals surface area contributed by atoms with Crippen molar-refractivity contribution in [2.75, 3.05) is 25.0 Å². The number of rotatable bonds is 6. The van der Waals surface area contributed by atoms with Gasteiger partial charge < -0.3 is 10.2 Å². The highest BCUT2D eigenvalue weighted by Crippen LogP contribution is 2.17. The number of aryl methyl sites for hydroxylation is 2. The van der Waals surface area contributed by atoms with E-state index in [0.717, 1.165) is 19.6 Å². The summed E-state index contributed by atoms with van der Waals surface area (Å²) < 4.78 is 0. The highest BCUT2D eigenvalue weighted by molar-refractivity contribution is 7.09. The summed E-state index contributed by atoms with van der Waals surface area (Å²) in [5.74, 6) is 0. The Morgan fingerprint density at radius 3 is 2.53 bits per heavy atom. The van der Waals surface area contributed by atoms with Crippen molar-refractivity contribution in [2.45, 2.75) is 20.4 Å². The predicted molar refractivity (Wildman–Crippen MR) is 85.2 cm³/mol. The first-order valence-corrected chi connectivity index (χ1v) is 7.55. The van der Waals surface area contributed by atoms with E-state index < -0.39 is 0 Å². The summed E-state index contributed by atoms with van der Waals surface area (Å²) in [6.45, 7) is 7.30. The minimum atomic E-state index is 0.971. The SMILES string of the molecule is Cc1cc(C)cc(N(C)CCNCc2cccs2)c1. The maximum atomic E-state index is 3.49. The van der Waals surface area contributed by atoms with Crippen LogP contribution in [0.4, 0.5) is 5.69 Å². The third-order valence-corrected chi connectivity index (χ3v) is 4.03. The van der Waals surface area contributed by atoms with Gasteiger partial charge in [-0.05, 0) is 48.6 Å². The molecule has 0 saturated heterocycles. The van der Waals surface area contributed by atoms with E-state index in [1.54, 1.807) is 11.3 Å². The summed E-state index contributed by atoms with van der Waals surface area (Å²) in [6.07, 6.45) is 0. The first-order valence-electron chi connectivity index (χ1n) is 6.67. The maximum absolute atomic E-state index is 3.49. The average molecular weight is 274 g/mol. The normalized spacial score (nSPS) is 10.7. The molecule has 102 valence electrons. The predicted octanol–water partition coefficient (Wildman–Crippen LogP) is 3.59. The topological polar surface area (TPSA) is 15.3 Å². The Morgan fingerprint density at radius 2 is 1.89 bits per heavy atom. The van der Waals surface area contributed by atoms with Gasteiger partial charge in [0.25, 0.3) is 0 Å². The van der Waals surface area contributed by atoms with Gasteiger partial charge in [0.15, 0.2) is 0 Å². The summed E-state index contributed by atoms with van der Waals surface area (Å²) in [4.78, 5) is 3.70. The highest BCUT2D eigenvalue weighted by Gasteiger charge is 2.02. The van der Waals surface area contributed by atoms with Gasteiger partial charge in [0.05, 0.1) is 0 Å². The lowest BCUT2D eigenvalue weighted by atomic mass is 10.1. The van der Waals surface area contributed by atoms with Gasteiger partial charge in [0, 0.05) is 37.2 Å². The summed E-state index contributed by atoms with van der Waals surface area (Å²) >= 11 is 1.81. The molecule has 0 amide bonds. The van der Waals surface area contributed by atoms with E-state index in [1.807, 2.05) is 0 Å². The number of nitrogens with zero attached hydrogens (tertiary/aromatic N) is 1. The molecule has 1 aromatic carbocycles. The fourth-order valence-electron chi connectivity index (χ4n) is 2.17. The van der Waals surface area contributed by atoms with E-state index in [4.69, 9.17) is 0 Å². The van der Waals surface area contributed by atoms with E-state index >= 15 is 0 Å². The van der Waals surface area contributed by atoms with Gasteiger partial charge in [-0.3, -0.25) is 0 Å². The zero-order valence-electron chi connectivity index (χ0n) is 11.9. The third-order valence-electron chi connectivity index (χ3n) is 3.15. The van der Waals surface area contributed by atoms with Gasteiger partial charge in [0.1, 0.15) is 0 Å². The molecule has 0 aliphatic rings. The van der Waals surface area contributed by atoms with Crippen LogP contribution < -0.4 is 10.2 Å². The quantitative estimate of drug-likeness (QED) is 0.810. The number of hydrogen-bond acceptors (Lipinski definition) is 3. The molecule has 2 nitrogen and oxygen atoms in total. The molecule has 0 unspecified atom stereocenters.